The predicted octanol–water partition coefficient (Wildman–Crippen LogP) is 4.29. The topological polar surface area (TPSA) is 109 Å². The van der Waals surface area contributed by atoms with Crippen LogP contribution in [0.3, 0.4) is 0 Å². The van der Waals surface area contributed by atoms with Gasteiger partial charge in [-0.05, 0) is 60.5 Å². The maximum Gasteiger partial charge on any atom is 0.418 e. The number of amides is 1. The number of para-hydroxylation sites is 2. The van der Waals surface area contributed by atoms with Crippen LogP contribution in [-0.2, 0) is 0 Å². The molecular weight excluding hydrogens is 516 g/mol. The number of aliphatic hydroxyl groups is 1. The summed E-state index contributed by atoms with van der Waals surface area (Å²) in [4.78, 5) is 21.8. The number of aromatic amines is 1. The van der Waals surface area contributed by atoms with E-state index in [-0.39, 0.29) is 12.7 Å². The van der Waals surface area contributed by atoms with Crippen molar-refractivity contribution in [3.8, 4) is 17.5 Å². The van der Waals surface area contributed by atoms with E-state index < -0.39 is 12.2 Å². The normalized spacial score (nSPS) is 16.6. The van der Waals surface area contributed by atoms with Gasteiger partial charge in [-0.1, -0.05) is 12.1 Å². The highest BCUT2D eigenvalue weighted by molar-refractivity contribution is 9.10. The molecule has 0 radical (unpaired) electrons. The Morgan fingerprint density at radius 2 is 2.14 bits per heavy atom. The molecule has 0 saturated carbocycles. The lowest BCUT2D eigenvalue weighted by Crippen LogP contribution is -2.35. The van der Waals surface area contributed by atoms with Crippen LogP contribution in [0.2, 0.25) is 0 Å². The third kappa shape index (κ3) is 7.20. The molecule has 35 heavy (non-hydrogen) atoms. The number of H-pyrrole nitrogens is 1. The molecule has 1 aromatic carbocycles. The van der Waals surface area contributed by atoms with Crippen LogP contribution in [0.15, 0.2) is 53.1 Å². The third-order valence-electron chi connectivity index (χ3n) is 5.54. The Morgan fingerprint density at radius 3 is 2.89 bits per heavy atom. The van der Waals surface area contributed by atoms with E-state index in [0.717, 1.165) is 28.7 Å². The van der Waals surface area contributed by atoms with Crippen LogP contribution in [0.25, 0.3) is 0 Å². The van der Waals surface area contributed by atoms with Gasteiger partial charge in [-0.3, -0.25) is 10.2 Å². The molecular formula is C25H29BrN4O5. The standard InChI is InChI=1S/C25H29BrN4O5/c1-16-11-17(2)28-24(16)35-25(32)29-21-5-3-4-6-22(21)33-15-19(31)13-30-10-9-20(14-30)34-23-8-7-18(26)12-27-23/h3-8,11-12,19-20,28,31H,9-10,13-15H2,1-2H3,(H,29,32). The van der Waals surface area contributed by atoms with Gasteiger partial charge in [0.15, 0.2) is 0 Å². The van der Waals surface area contributed by atoms with Gasteiger partial charge in [-0.2, -0.15) is 0 Å². The second-order valence-electron chi connectivity index (χ2n) is 8.54. The molecule has 2 aromatic heterocycles. The Morgan fingerprint density at radius 1 is 1.31 bits per heavy atom. The number of ether oxygens (including phenoxy) is 3. The van der Waals surface area contributed by atoms with Crippen molar-refractivity contribution in [2.45, 2.75) is 32.5 Å². The Bertz CT molecular complexity index is 1140. The zero-order valence-corrected chi connectivity index (χ0v) is 21.2. The molecule has 186 valence electrons. The van der Waals surface area contributed by atoms with Crippen LogP contribution in [-0.4, -0.2) is 64.5 Å². The van der Waals surface area contributed by atoms with E-state index in [1.807, 2.05) is 32.0 Å². The molecule has 0 spiro atoms. The van der Waals surface area contributed by atoms with Crippen LogP contribution in [0.1, 0.15) is 17.7 Å². The molecule has 10 heteroatoms. The number of hydrogen-bond acceptors (Lipinski definition) is 7. The summed E-state index contributed by atoms with van der Waals surface area (Å²) >= 11 is 3.36. The van der Waals surface area contributed by atoms with Gasteiger partial charge in [0, 0.05) is 47.6 Å². The SMILES string of the molecule is Cc1cc(C)c(OC(=O)Nc2ccccc2OCC(O)CN2CCC(Oc3ccc(Br)cn3)C2)[nH]1. The van der Waals surface area contributed by atoms with Gasteiger partial charge in [0.1, 0.15) is 24.6 Å². The van der Waals surface area contributed by atoms with Crippen molar-refractivity contribution >= 4 is 27.7 Å². The second kappa shape index (κ2) is 11.6. The number of anilines is 1. The molecule has 2 unspecified atom stereocenters. The van der Waals surface area contributed by atoms with E-state index in [1.54, 1.807) is 30.5 Å². The maximum atomic E-state index is 12.4. The molecule has 1 aliphatic heterocycles. The lowest BCUT2D eigenvalue weighted by molar-refractivity contribution is 0.0720. The van der Waals surface area contributed by atoms with E-state index in [2.05, 4.69) is 36.1 Å². The van der Waals surface area contributed by atoms with Crippen molar-refractivity contribution in [1.29, 1.82) is 0 Å². The van der Waals surface area contributed by atoms with Crippen molar-refractivity contribution in [2.75, 3.05) is 31.6 Å². The van der Waals surface area contributed by atoms with Crippen molar-refractivity contribution in [1.82, 2.24) is 14.9 Å². The minimum atomic E-state index is -0.705. The third-order valence-corrected chi connectivity index (χ3v) is 6.01. The number of likely N-dealkylation sites (tertiary alicyclic amines) is 1. The average molecular weight is 545 g/mol. The summed E-state index contributed by atoms with van der Waals surface area (Å²) < 4.78 is 18.0. The van der Waals surface area contributed by atoms with Gasteiger partial charge in [-0.25, -0.2) is 9.78 Å². The quantitative estimate of drug-likeness (QED) is 0.368. The lowest BCUT2D eigenvalue weighted by atomic mass is 10.3. The fourth-order valence-electron chi connectivity index (χ4n) is 3.93. The molecule has 0 bridgehead atoms. The summed E-state index contributed by atoms with van der Waals surface area (Å²) in [5, 5.41) is 13.2. The molecule has 1 amide bonds. The van der Waals surface area contributed by atoms with Gasteiger partial charge >= 0.3 is 6.09 Å². The van der Waals surface area contributed by atoms with Gasteiger partial charge < -0.3 is 24.3 Å². The monoisotopic (exact) mass is 544 g/mol. The number of rotatable bonds is 9. The largest absolute Gasteiger partial charge is 0.489 e. The van der Waals surface area contributed by atoms with Gasteiger partial charge in [0.2, 0.25) is 11.8 Å². The first-order valence-corrected chi connectivity index (χ1v) is 12.2. The maximum absolute atomic E-state index is 12.4. The summed E-state index contributed by atoms with van der Waals surface area (Å²) in [6.45, 7) is 5.81. The van der Waals surface area contributed by atoms with Crippen LogP contribution in [0.5, 0.6) is 17.5 Å². The average Bonchev–Trinajstić information content (AvgIpc) is 3.39. The predicted molar refractivity (Wildman–Crippen MR) is 135 cm³/mol. The number of nitrogens with one attached hydrogen (secondary N) is 2. The number of nitrogens with zero attached hydrogens (tertiary/aromatic N) is 2. The highest BCUT2D eigenvalue weighted by Crippen LogP contribution is 2.25. The van der Waals surface area contributed by atoms with E-state index in [4.69, 9.17) is 14.2 Å². The van der Waals surface area contributed by atoms with E-state index in [0.29, 0.717) is 36.3 Å². The number of halogens is 1. The number of pyridine rings is 1. The molecule has 2 atom stereocenters. The fourth-order valence-corrected chi connectivity index (χ4v) is 4.17. The summed E-state index contributed by atoms with van der Waals surface area (Å²) in [6.07, 6.45) is 1.26. The zero-order valence-electron chi connectivity index (χ0n) is 19.7. The van der Waals surface area contributed by atoms with Gasteiger partial charge in [-0.15, -0.1) is 0 Å². The summed E-state index contributed by atoms with van der Waals surface area (Å²) in [5.74, 6) is 1.44. The second-order valence-corrected chi connectivity index (χ2v) is 9.46. The molecule has 0 aliphatic carbocycles. The van der Waals surface area contributed by atoms with Crippen molar-refractivity contribution in [2.24, 2.45) is 0 Å². The first-order chi connectivity index (χ1) is 16.9. The lowest BCUT2D eigenvalue weighted by Gasteiger charge is -2.21. The summed E-state index contributed by atoms with van der Waals surface area (Å²) in [5.41, 5.74) is 2.21. The zero-order chi connectivity index (χ0) is 24.8. The van der Waals surface area contributed by atoms with Crippen molar-refractivity contribution < 1.29 is 24.1 Å². The van der Waals surface area contributed by atoms with Crippen molar-refractivity contribution in [3.63, 3.8) is 0 Å². The first kappa shape index (κ1) is 25.0. The molecule has 1 saturated heterocycles. The number of aromatic nitrogens is 2. The number of carbonyl (C=O) groups is 1. The number of aryl methyl sites for hydroxylation is 2. The molecule has 3 aromatic rings. The number of carbonyl (C=O) groups excluding carboxylic acids is 1. The molecule has 1 fully saturated rings. The Balaban J connectivity index is 1.24. The number of β-amino-alcohol motifs (C(OH)–C–C–N with tert-alkyl or cyclic N) is 1. The minimum Gasteiger partial charge on any atom is -0.489 e. The fraction of sp³-hybridized carbons (Fsp3) is 0.360. The number of hydrogen-bond donors (Lipinski definition) is 3. The van der Waals surface area contributed by atoms with E-state index in [9.17, 15) is 9.90 Å². The molecule has 3 heterocycles. The molecule has 1 aliphatic rings. The Kier molecular flexibility index (Phi) is 8.27. The summed E-state index contributed by atoms with van der Waals surface area (Å²) in [6, 6.07) is 12.7. The van der Waals surface area contributed by atoms with Gasteiger partial charge in [0.25, 0.3) is 0 Å². The summed E-state index contributed by atoms with van der Waals surface area (Å²) in [7, 11) is 0. The van der Waals surface area contributed by atoms with Gasteiger partial charge in [0.05, 0.1) is 5.69 Å². The van der Waals surface area contributed by atoms with Crippen LogP contribution < -0.4 is 19.5 Å². The number of benzene rings is 1. The highest BCUT2D eigenvalue weighted by atomic mass is 79.9. The Labute approximate surface area is 212 Å². The van der Waals surface area contributed by atoms with Crippen LogP contribution >= 0.6 is 15.9 Å². The van der Waals surface area contributed by atoms with E-state index >= 15 is 0 Å². The minimum absolute atomic E-state index is 0.0276. The first-order valence-electron chi connectivity index (χ1n) is 11.4. The molecule has 3 N–H and O–H groups in total. The molecule has 4 rings (SSSR count). The Hall–Kier alpha value is -3.08. The van der Waals surface area contributed by atoms with Crippen LogP contribution in [0, 0.1) is 13.8 Å². The molecule has 9 nitrogen and oxygen atoms in total. The van der Waals surface area contributed by atoms with E-state index in [1.165, 1.54) is 0 Å². The smallest absolute Gasteiger partial charge is 0.418 e. The number of aliphatic hydroxyl groups excluding tert-OH is 1. The highest BCUT2D eigenvalue weighted by Gasteiger charge is 2.26. The van der Waals surface area contributed by atoms with Crippen molar-refractivity contribution in [3.05, 3.63) is 64.4 Å². The van der Waals surface area contributed by atoms with Crippen LogP contribution in [0.4, 0.5) is 10.5 Å².